The highest BCUT2D eigenvalue weighted by Crippen LogP contribution is 2.30. The van der Waals surface area contributed by atoms with E-state index in [9.17, 15) is 9.59 Å². The fourth-order valence-electron chi connectivity index (χ4n) is 3.67. The van der Waals surface area contributed by atoms with Crippen molar-refractivity contribution in [3.05, 3.63) is 59.6 Å². The van der Waals surface area contributed by atoms with Gasteiger partial charge in [0, 0.05) is 5.69 Å². The van der Waals surface area contributed by atoms with Crippen LogP contribution in [0.15, 0.2) is 54.6 Å². The zero-order chi connectivity index (χ0) is 19.3. The van der Waals surface area contributed by atoms with Crippen LogP contribution in [0.1, 0.15) is 23.8 Å². The van der Waals surface area contributed by atoms with Crippen molar-refractivity contribution in [2.75, 3.05) is 25.0 Å². The second-order valence-corrected chi connectivity index (χ2v) is 8.17. The molecule has 3 aromatic rings. The minimum absolute atomic E-state index is 0.256. The van der Waals surface area contributed by atoms with E-state index in [1.54, 1.807) is 23.5 Å². The highest BCUT2D eigenvalue weighted by molar-refractivity contribution is 7.18. The molecule has 4 rings (SSSR count). The summed E-state index contributed by atoms with van der Waals surface area (Å²) < 4.78 is 1.21. The molecule has 2 atom stereocenters. The summed E-state index contributed by atoms with van der Waals surface area (Å²) in [6, 6.07) is 16.8. The van der Waals surface area contributed by atoms with Crippen molar-refractivity contribution < 1.29 is 14.5 Å². The molecule has 0 spiro atoms. The summed E-state index contributed by atoms with van der Waals surface area (Å²) in [5, 5.41) is 6.25. The van der Waals surface area contributed by atoms with Gasteiger partial charge in [-0.15, -0.1) is 11.3 Å². The molecule has 0 bridgehead atoms. The van der Waals surface area contributed by atoms with Gasteiger partial charge in [0.05, 0.1) is 29.2 Å². The Bertz CT molecular complexity index is 940. The first-order valence-corrected chi connectivity index (χ1v) is 10.3. The number of likely N-dealkylation sites (tertiary alicyclic amines) is 1. The van der Waals surface area contributed by atoms with Gasteiger partial charge in [0.1, 0.15) is 5.01 Å². The number of urea groups is 1. The lowest BCUT2D eigenvalue weighted by molar-refractivity contribution is -0.898. The molecule has 3 N–H and O–H groups in total. The predicted octanol–water partition coefficient (Wildman–Crippen LogP) is 2.41. The Balaban J connectivity index is 1.32. The molecular weight excluding hydrogens is 372 g/mol. The van der Waals surface area contributed by atoms with Gasteiger partial charge in [0.15, 0.2) is 6.54 Å². The number of piperidine rings is 1. The first-order valence-electron chi connectivity index (χ1n) is 9.52. The molecule has 2 heterocycles. The lowest BCUT2D eigenvalue weighted by Gasteiger charge is -2.28. The molecule has 1 unspecified atom stereocenters. The van der Waals surface area contributed by atoms with Crippen LogP contribution in [-0.4, -0.2) is 36.6 Å². The van der Waals surface area contributed by atoms with Crippen molar-refractivity contribution in [3.63, 3.8) is 0 Å². The first kappa shape index (κ1) is 18.6. The zero-order valence-electron chi connectivity index (χ0n) is 15.5. The molecule has 0 saturated carbocycles. The number of nitrogens with zero attached hydrogens (tertiary/aromatic N) is 1. The summed E-state index contributed by atoms with van der Waals surface area (Å²) in [5.74, 6) is 0.112. The summed E-state index contributed by atoms with van der Waals surface area (Å²) in [4.78, 5) is 30.3. The van der Waals surface area contributed by atoms with Gasteiger partial charge >= 0.3 is 6.03 Å². The number of hydrogen-bond acceptors (Lipinski definition) is 4. The maximum Gasteiger partial charge on any atom is 0.326 e. The molecule has 1 aliphatic heterocycles. The van der Waals surface area contributed by atoms with Crippen molar-refractivity contribution in [1.29, 1.82) is 0 Å². The molecular formula is C21H23N4O2S+. The van der Waals surface area contributed by atoms with E-state index in [1.807, 2.05) is 36.4 Å². The number of quaternary nitrogens is 1. The number of aromatic nitrogens is 1. The Hall–Kier alpha value is -2.77. The Kier molecular flexibility index (Phi) is 5.64. The molecule has 1 fully saturated rings. The first-order chi connectivity index (χ1) is 13.7. The molecule has 1 aromatic heterocycles. The van der Waals surface area contributed by atoms with E-state index < -0.39 is 6.03 Å². The fraction of sp³-hybridized carbons (Fsp3) is 0.286. The van der Waals surface area contributed by atoms with Crippen LogP contribution in [-0.2, 0) is 4.79 Å². The number of para-hydroxylation sites is 2. The van der Waals surface area contributed by atoms with Gasteiger partial charge in [-0.05, 0) is 37.1 Å². The average molecular weight is 396 g/mol. The average Bonchev–Trinajstić information content (AvgIpc) is 3.13. The quantitative estimate of drug-likeness (QED) is 0.635. The number of nitrogens with one attached hydrogen (secondary N) is 3. The van der Waals surface area contributed by atoms with Crippen LogP contribution in [0.4, 0.5) is 10.5 Å². The predicted molar refractivity (Wildman–Crippen MR) is 111 cm³/mol. The SMILES string of the molecule is O=C(C[NH+]1CCC[C@H](c2nc3ccccc3s2)C1)NC(=O)Nc1ccccc1. The van der Waals surface area contributed by atoms with Crippen molar-refractivity contribution in [2.24, 2.45) is 0 Å². The number of carbonyl (C=O) groups excluding carboxylic acids is 2. The van der Waals surface area contributed by atoms with E-state index in [2.05, 4.69) is 16.7 Å². The van der Waals surface area contributed by atoms with E-state index in [-0.39, 0.29) is 5.91 Å². The summed E-state index contributed by atoms with van der Waals surface area (Å²) in [7, 11) is 0. The van der Waals surface area contributed by atoms with Crippen molar-refractivity contribution >= 4 is 39.2 Å². The standard InChI is InChI=1S/C21H22N4O2S/c26-19(24-21(27)22-16-8-2-1-3-9-16)14-25-12-6-7-15(13-25)20-23-17-10-4-5-11-18(17)28-20/h1-5,8-11,15H,6-7,12-14H2,(H2,22,24,26,27)/p+1/t15-/m0/s1. The molecule has 2 aromatic carbocycles. The third kappa shape index (κ3) is 4.55. The second-order valence-electron chi connectivity index (χ2n) is 7.11. The van der Waals surface area contributed by atoms with Gasteiger partial charge < -0.3 is 10.2 Å². The van der Waals surface area contributed by atoms with Crippen molar-refractivity contribution in [2.45, 2.75) is 18.8 Å². The smallest absolute Gasteiger partial charge is 0.326 e. The third-order valence-corrected chi connectivity index (χ3v) is 6.17. The number of imide groups is 1. The van der Waals surface area contributed by atoms with Gasteiger partial charge in [-0.1, -0.05) is 30.3 Å². The monoisotopic (exact) mass is 395 g/mol. The molecule has 28 heavy (non-hydrogen) atoms. The second kappa shape index (κ2) is 8.50. The lowest BCUT2D eigenvalue weighted by Crippen LogP contribution is -3.14. The minimum Gasteiger partial charge on any atom is -0.327 e. The zero-order valence-corrected chi connectivity index (χ0v) is 16.3. The van der Waals surface area contributed by atoms with E-state index in [4.69, 9.17) is 4.98 Å². The van der Waals surface area contributed by atoms with Gasteiger partial charge in [0.2, 0.25) is 0 Å². The molecule has 1 aliphatic rings. The van der Waals surface area contributed by atoms with E-state index in [1.165, 1.54) is 9.60 Å². The van der Waals surface area contributed by atoms with Crippen LogP contribution in [0.25, 0.3) is 10.2 Å². The Morgan fingerprint density at radius 1 is 1.11 bits per heavy atom. The normalized spacial score (nSPS) is 19.3. The number of anilines is 1. The van der Waals surface area contributed by atoms with E-state index in [0.717, 1.165) is 36.5 Å². The van der Waals surface area contributed by atoms with Gasteiger partial charge in [-0.25, -0.2) is 9.78 Å². The van der Waals surface area contributed by atoms with E-state index in [0.29, 0.717) is 18.2 Å². The molecule has 6 nitrogen and oxygen atoms in total. The maximum atomic E-state index is 12.3. The fourth-order valence-corrected chi connectivity index (χ4v) is 4.77. The molecule has 0 radical (unpaired) electrons. The minimum atomic E-state index is -0.490. The number of thiazole rings is 1. The van der Waals surface area contributed by atoms with Crippen molar-refractivity contribution in [3.8, 4) is 0 Å². The Morgan fingerprint density at radius 3 is 2.71 bits per heavy atom. The summed E-state index contributed by atoms with van der Waals surface area (Å²) in [6.45, 7) is 2.10. The molecule has 1 saturated heterocycles. The van der Waals surface area contributed by atoms with Crippen LogP contribution in [0.2, 0.25) is 0 Å². The van der Waals surface area contributed by atoms with Crippen LogP contribution >= 0.6 is 11.3 Å². The van der Waals surface area contributed by atoms with Crippen LogP contribution in [0.5, 0.6) is 0 Å². The Labute approximate surface area is 167 Å². The molecule has 0 aliphatic carbocycles. The van der Waals surface area contributed by atoms with Gasteiger partial charge in [0.25, 0.3) is 5.91 Å². The number of carbonyl (C=O) groups is 2. The summed E-state index contributed by atoms with van der Waals surface area (Å²) >= 11 is 1.75. The Morgan fingerprint density at radius 2 is 1.89 bits per heavy atom. The van der Waals surface area contributed by atoms with Crippen LogP contribution in [0.3, 0.4) is 0 Å². The molecule has 7 heteroatoms. The number of rotatable bonds is 4. The van der Waals surface area contributed by atoms with Crippen LogP contribution in [0, 0.1) is 0 Å². The van der Waals surface area contributed by atoms with Gasteiger partial charge in [-0.3, -0.25) is 10.1 Å². The van der Waals surface area contributed by atoms with E-state index >= 15 is 0 Å². The maximum absolute atomic E-state index is 12.3. The number of benzene rings is 2. The highest BCUT2D eigenvalue weighted by atomic mass is 32.1. The highest BCUT2D eigenvalue weighted by Gasteiger charge is 2.28. The number of amides is 3. The van der Waals surface area contributed by atoms with Gasteiger partial charge in [-0.2, -0.15) is 0 Å². The summed E-state index contributed by atoms with van der Waals surface area (Å²) in [6.07, 6.45) is 2.15. The third-order valence-electron chi connectivity index (χ3n) is 4.97. The lowest BCUT2D eigenvalue weighted by atomic mass is 9.99. The number of hydrogen-bond donors (Lipinski definition) is 3. The van der Waals surface area contributed by atoms with Crippen LogP contribution < -0.4 is 15.5 Å². The molecule has 3 amide bonds. The topological polar surface area (TPSA) is 75.5 Å². The largest absolute Gasteiger partial charge is 0.327 e. The van der Waals surface area contributed by atoms with Crippen molar-refractivity contribution in [1.82, 2.24) is 10.3 Å². The molecule has 144 valence electrons. The number of fused-ring (bicyclic) bond motifs is 1. The summed E-state index contributed by atoms with van der Waals surface area (Å²) in [5.41, 5.74) is 1.71.